The highest BCUT2D eigenvalue weighted by molar-refractivity contribution is 9.10. The van der Waals surface area contributed by atoms with Gasteiger partial charge in [0.1, 0.15) is 5.82 Å². The molecule has 0 aliphatic rings. The fourth-order valence-corrected chi connectivity index (χ4v) is 1.98. The Morgan fingerprint density at radius 3 is 2.93 bits per heavy atom. The van der Waals surface area contributed by atoms with Crippen LogP contribution in [0.3, 0.4) is 0 Å². The van der Waals surface area contributed by atoms with Crippen molar-refractivity contribution >= 4 is 33.3 Å². The van der Waals surface area contributed by atoms with Gasteiger partial charge in [0, 0.05) is 22.6 Å². The molecule has 0 amide bonds. The summed E-state index contributed by atoms with van der Waals surface area (Å²) in [5.41, 5.74) is 1.15. The van der Waals surface area contributed by atoms with Gasteiger partial charge in [-0.3, -0.25) is 0 Å². The summed E-state index contributed by atoms with van der Waals surface area (Å²) in [5, 5.41) is 3.38. The number of hydrogen-bond donors (Lipinski definition) is 1. The molecular formula is C11H16BrClN2. The number of anilines is 1. The molecule has 84 valence electrons. The van der Waals surface area contributed by atoms with Crippen molar-refractivity contribution in [3.05, 3.63) is 22.3 Å². The first-order chi connectivity index (χ1) is 7.13. The zero-order valence-corrected chi connectivity index (χ0v) is 11.4. The van der Waals surface area contributed by atoms with Crippen LogP contribution in [0.5, 0.6) is 0 Å². The summed E-state index contributed by atoms with van der Waals surface area (Å²) in [6.45, 7) is 4.20. The van der Waals surface area contributed by atoms with Gasteiger partial charge in [-0.1, -0.05) is 0 Å². The van der Waals surface area contributed by atoms with Gasteiger partial charge in [-0.2, -0.15) is 0 Å². The van der Waals surface area contributed by atoms with Crippen LogP contribution in [0.15, 0.2) is 16.7 Å². The van der Waals surface area contributed by atoms with Crippen LogP contribution in [-0.4, -0.2) is 16.9 Å². The molecule has 2 nitrogen and oxygen atoms in total. The molecule has 1 atom stereocenters. The quantitative estimate of drug-likeness (QED) is 0.830. The third kappa shape index (κ3) is 4.39. The van der Waals surface area contributed by atoms with Crippen molar-refractivity contribution in [2.24, 2.45) is 0 Å². The van der Waals surface area contributed by atoms with Gasteiger partial charge in [0.15, 0.2) is 0 Å². The molecule has 0 fully saturated rings. The van der Waals surface area contributed by atoms with Crippen LogP contribution in [0, 0.1) is 6.92 Å². The van der Waals surface area contributed by atoms with E-state index in [2.05, 4.69) is 39.2 Å². The molecule has 0 aliphatic carbocycles. The van der Waals surface area contributed by atoms with Crippen molar-refractivity contribution < 1.29 is 0 Å². The van der Waals surface area contributed by atoms with Gasteiger partial charge in [-0.25, -0.2) is 4.98 Å². The van der Waals surface area contributed by atoms with Gasteiger partial charge in [0.25, 0.3) is 0 Å². The molecule has 1 rings (SSSR count). The second-order valence-corrected chi connectivity index (χ2v) is 4.99. The minimum Gasteiger partial charge on any atom is -0.367 e. The highest BCUT2D eigenvalue weighted by atomic mass is 79.9. The van der Waals surface area contributed by atoms with E-state index in [0.29, 0.717) is 6.04 Å². The van der Waals surface area contributed by atoms with Crippen LogP contribution in [0.1, 0.15) is 25.3 Å². The van der Waals surface area contributed by atoms with Crippen LogP contribution in [0.2, 0.25) is 0 Å². The third-order valence-electron chi connectivity index (χ3n) is 2.20. The van der Waals surface area contributed by atoms with E-state index < -0.39 is 0 Å². The van der Waals surface area contributed by atoms with Crippen molar-refractivity contribution in [2.75, 3.05) is 11.2 Å². The highest BCUT2D eigenvalue weighted by Gasteiger charge is 2.05. The number of halogens is 2. The number of nitrogens with zero attached hydrogens (tertiary/aromatic N) is 1. The number of nitrogens with one attached hydrogen (secondary N) is 1. The molecule has 15 heavy (non-hydrogen) atoms. The molecule has 0 spiro atoms. The van der Waals surface area contributed by atoms with Gasteiger partial charge >= 0.3 is 0 Å². The molecule has 1 heterocycles. The Kier molecular flexibility index (Phi) is 5.40. The van der Waals surface area contributed by atoms with Crippen LogP contribution in [0.4, 0.5) is 5.82 Å². The average molecular weight is 292 g/mol. The number of aryl methyl sites for hydroxylation is 1. The average Bonchev–Trinajstić information content (AvgIpc) is 2.19. The number of hydrogen-bond acceptors (Lipinski definition) is 2. The van der Waals surface area contributed by atoms with E-state index in [1.54, 1.807) is 0 Å². The molecule has 0 aliphatic heterocycles. The molecule has 1 aromatic rings. The Hall–Kier alpha value is -0.280. The van der Waals surface area contributed by atoms with Crippen molar-refractivity contribution in [1.29, 1.82) is 0 Å². The summed E-state index contributed by atoms with van der Waals surface area (Å²) in [7, 11) is 0. The predicted octanol–water partition coefficient (Wildman–Crippen LogP) is 3.97. The SMILES string of the molecule is Cc1cc(Br)cnc1NC(C)CCCCl. The standard InChI is InChI=1S/C11H16BrClN2/c1-8-6-10(12)7-14-11(8)15-9(2)4-3-5-13/h6-7,9H,3-5H2,1-2H3,(H,14,15). The van der Waals surface area contributed by atoms with Crippen LogP contribution in [0.25, 0.3) is 0 Å². The topological polar surface area (TPSA) is 24.9 Å². The molecular weight excluding hydrogens is 275 g/mol. The predicted molar refractivity (Wildman–Crippen MR) is 69.7 cm³/mol. The van der Waals surface area contributed by atoms with E-state index in [1.807, 2.05) is 13.1 Å². The Morgan fingerprint density at radius 2 is 2.33 bits per heavy atom. The van der Waals surface area contributed by atoms with Crippen molar-refractivity contribution in [2.45, 2.75) is 32.7 Å². The molecule has 0 saturated carbocycles. The lowest BCUT2D eigenvalue weighted by Crippen LogP contribution is -2.16. The summed E-state index contributed by atoms with van der Waals surface area (Å²) in [6.07, 6.45) is 3.91. The maximum atomic E-state index is 5.65. The number of aromatic nitrogens is 1. The Balaban J connectivity index is 2.56. The lowest BCUT2D eigenvalue weighted by Gasteiger charge is -2.15. The molecule has 1 unspecified atom stereocenters. The molecule has 1 N–H and O–H groups in total. The van der Waals surface area contributed by atoms with E-state index in [0.717, 1.165) is 34.6 Å². The monoisotopic (exact) mass is 290 g/mol. The highest BCUT2D eigenvalue weighted by Crippen LogP contribution is 2.18. The fourth-order valence-electron chi connectivity index (χ4n) is 1.38. The maximum Gasteiger partial charge on any atom is 0.129 e. The summed E-state index contributed by atoms with van der Waals surface area (Å²) < 4.78 is 1.01. The Morgan fingerprint density at radius 1 is 1.60 bits per heavy atom. The zero-order valence-electron chi connectivity index (χ0n) is 9.06. The first-order valence-corrected chi connectivity index (χ1v) is 6.41. The second-order valence-electron chi connectivity index (χ2n) is 3.70. The maximum absolute atomic E-state index is 5.65. The van der Waals surface area contributed by atoms with E-state index in [9.17, 15) is 0 Å². The van der Waals surface area contributed by atoms with Gasteiger partial charge in [-0.15, -0.1) is 11.6 Å². The lowest BCUT2D eigenvalue weighted by molar-refractivity contribution is 0.689. The van der Waals surface area contributed by atoms with Crippen LogP contribution < -0.4 is 5.32 Å². The van der Waals surface area contributed by atoms with E-state index >= 15 is 0 Å². The summed E-state index contributed by atoms with van der Waals surface area (Å²) in [4.78, 5) is 4.33. The van der Waals surface area contributed by atoms with E-state index in [-0.39, 0.29) is 0 Å². The van der Waals surface area contributed by atoms with Crippen molar-refractivity contribution in [3.8, 4) is 0 Å². The number of alkyl halides is 1. The molecule has 4 heteroatoms. The molecule has 0 radical (unpaired) electrons. The van der Waals surface area contributed by atoms with Gasteiger partial charge in [0.05, 0.1) is 0 Å². The van der Waals surface area contributed by atoms with E-state index in [4.69, 9.17) is 11.6 Å². The molecule has 0 aromatic carbocycles. The molecule has 0 saturated heterocycles. The van der Waals surface area contributed by atoms with Crippen LogP contribution >= 0.6 is 27.5 Å². The molecule has 0 bridgehead atoms. The fraction of sp³-hybridized carbons (Fsp3) is 0.545. The summed E-state index contributed by atoms with van der Waals surface area (Å²) in [6, 6.07) is 2.47. The Labute approximate surface area is 105 Å². The second kappa shape index (κ2) is 6.33. The zero-order chi connectivity index (χ0) is 11.3. The van der Waals surface area contributed by atoms with Crippen LogP contribution in [-0.2, 0) is 0 Å². The Bertz CT molecular complexity index is 317. The third-order valence-corrected chi connectivity index (χ3v) is 2.90. The number of rotatable bonds is 5. The van der Waals surface area contributed by atoms with Crippen molar-refractivity contribution in [3.63, 3.8) is 0 Å². The minimum atomic E-state index is 0.413. The van der Waals surface area contributed by atoms with E-state index in [1.165, 1.54) is 0 Å². The lowest BCUT2D eigenvalue weighted by atomic mass is 10.2. The normalized spacial score (nSPS) is 12.5. The summed E-state index contributed by atoms with van der Waals surface area (Å²) >= 11 is 9.05. The van der Waals surface area contributed by atoms with Gasteiger partial charge in [0.2, 0.25) is 0 Å². The van der Waals surface area contributed by atoms with Gasteiger partial charge < -0.3 is 5.32 Å². The number of pyridine rings is 1. The summed E-state index contributed by atoms with van der Waals surface area (Å²) in [5.74, 6) is 1.68. The molecule has 1 aromatic heterocycles. The smallest absolute Gasteiger partial charge is 0.129 e. The first-order valence-electron chi connectivity index (χ1n) is 5.08. The minimum absolute atomic E-state index is 0.413. The largest absolute Gasteiger partial charge is 0.367 e. The van der Waals surface area contributed by atoms with Crippen molar-refractivity contribution in [1.82, 2.24) is 4.98 Å². The first kappa shape index (κ1) is 12.8. The van der Waals surface area contributed by atoms with Gasteiger partial charge in [-0.05, 0) is 54.2 Å².